The third-order valence-corrected chi connectivity index (χ3v) is 5.23. The number of aliphatic hydroxyl groups is 1. The van der Waals surface area contributed by atoms with E-state index in [1.165, 1.54) is 7.11 Å². The Hall–Kier alpha value is -2.80. The molecule has 0 bridgehead atoms. The van der Waals surface area contributed by atoms with Crippen LogP contribution in [0, 0.1) is 12.8 Å². The van der Waals surface area contributed by atoms with Gasteiger partial charge < -0.3 is 24.8 Å². The fourth-order valence-electron chi connectivity index (χ4n) is 3.65. The summed E-state index contributed by atoms with van der Waals surface area (Å²) in [5.41, 5.74) is 3.70. The van der Waals surface area contributed by atoms with Gasteiger partial charge in [-0.3, -0.25) is 4.79 Å². The number of methoxy groups -OCH3 is 1. The summed E-state index contributed by atoms with van der Waals surface area (Å²) in [6.45, 7) is 5.43. The lowest BCUT2D eigenvalue weighted by Gasteiger charge is -2.16. The highest BCUT2D eigenvalue weighted by Gasteiger charge is 2.31. The third-order valence-electron chi connectivity index (χ3n) is 5.23. The Kier molecular flexibility index (Phi) is 7.45. The minimum absolute atomic E-state index is 0.111. The van der Waals surface area contributed by atoms with Crippen molar-refractivity contribution >= 4 is 11.9 Å². The second kappa shape index (κ2) is 9.60. The minimum atomic E-state index is -0.903. The number of aliphatic carboxylic acids is 1. The van der Waals surface area contributed by atoms with Crippen LogP contribution in [0.25, 0.3) is 0 Å². The maximum absolute atomic E-state index is 12.0. The molecule has 3 N–H and O–H groups in total. The Labute approximate surface area is 170 Å². The minimum Gasteiger partial charge on any atom is -0.507 e. The fraction of sp³-hybridized carbons (Fsp3) is 0.455. The summed E-state index contributed by atoms with van der Waals surface area (Å²) >= 11 is 0. The number of carbonyl (C=O) groups excluding carboxylic acids is 1. The number of ether oxygens (including phenoxy) is 2. The van der Waals surface area contributed by atoms with E-state index < -0.39 is 17.9 Å². The number of esters is 1. The number of cyclic esters (lactones) is 1. The van der Waals surface area contributed by atoms with Gasteiger partial charge in [-0.05, 0) is 45.6 Å². The summed E-state index contributed by atoms with van der Waals surface area (Å²) < 4.78 is 10.5. The number of carboxylic acid groups (broad SMARTS) is 1. The van der Waals surface area contributed by atoms with E-state index in [0.717, 1.165) is 16.7 Å². The number of hydrogen-bond donors (Lipinski definition) is 3. The highest BCUT2D eigenvalue weighted by atomic mass is 16.5. The average Bonchev–Trinajstić information content (AvgIpc) is 3.05. The molecule has 0 aliphatic carbocycles. The number of rotatable bonds is 9. The molecule has 29 heavy (non-hydrogen) atoms. The molecule has 0 fully saturated rings. The van der Waals surface area contributed by atoms with E-state index in [4.69, 9.17) is 14.6 Å². The summed E-state index contributed by atoms with van der Waals surface area (Å²) in [5, 5.41) is 29.1. The van der Waals surface area contributed by atoms with E-state index in [1.54, 1.807) is 13.0 Å². The number of benzene rings is 1. The lowest BCUT2D eigenvalue weighted by molar-refractivity contribution is -0.141. The highest BCUT2D eigenvalue weighted by molar-refractivity contribution is 5.98. The lowest BCUT2D eigenvalue weighted by atomic mass is 9.91. The normalized spacial score (nSPS) is 15.1. The van der Waals surface area contributed by atoms with Crippen LogP contribution in [0.4, 0.5) is 0 Å². The molecule has 158 valence electrons. The molecular weight excluding hydrogens is 376 g/mol. The molecule has 1 aliphatic heterocycles. The highest BCUT2D eigenvalue weighted by Crippen LogP contribution is 2.42. The molecule has 2 rings (SSSR count). The number of fused-ring (bicyclic) bond motifs is 1. The van der Waals surface area contributed by atoms with Crippen molar-refractivity contribution in [3.8, 4) is 11.5 Å². The quantitative estimate of drug-likeness (QED) is 0.427. The molecule has 7 heteroatoms. The van der Waals surface area contributed by atoms with Crippen LogP contribution in [0.3, 0.4) is 0 Å². The van der Waals surface area contributed by atoms with E-state index in [9.17, 15) is 19.8 Å². The zero-order valence-corrected chi connectivity index (χ0v) is 17.2. The third kappa shape index (κ3) is 4.98. The molecule has 1 heterocycles. The number of hydrogen-bond acceptors (Lipinski definition) is 6. The van der Waals surface area contributed by atoms with E-state index in [-0.39, 0.29) is 24.5 Å². The van der Waals surface area contributed by atoms with Gasteiger partial charge in [-0.2, -0.15) is 0 Å². The van der Waals surface area contributed by atoms with Crippen molar-refractivity contribution in [3.63, 3.8) is 0 Å². The molecule has 0 radical (unpaired) electrons. The van der Waals surface area contributed by atoms with Crippen LogP contribution < -0.4 is 4.74 Å². The number of carbonyl (C=O) groups is 2. The Morgan fingerprint density at radius 2 is 1.86 bits per heavy atom. The number of aliphatic hydroxyl groups excluding tert-OH is 1. The maximum atomic E-state index is 12.0. The van der Waals surface area contributed by atoms with Crippen LogP contribution in [-0.2, 0) is 22.6 Å². The first-order valence-electron chi connectivity index (χ1n) is 9.44. The molecule has 0 spiro atoms. The van der Waals surface area contributed by atoms with E-state index in [2.05, 4.69) is 0 Å². The number of carboxylic acids is 1. The molecule has 1 unspecified atom stereocenters. The first-order chi connectivity index (χ1) is 13.7. The molecule has 7 nitrogen and oxygen atoms in total. The predicted octanol–water partition coefficient (Wildman–Crippen LogP) is 3.29. The van der Waals surface area contributed by atoms with Crippen LogP contribution in [0.2, 0.25) is 0 Å². The number of allylic oxidation sites excluding steroid dienone is 3. The van der Waals surface area contributed by atoms with Crippen molar-refractivity contribution in [2.24, 2.45) is 5.92 Å². The Balaban J connectivity index is 2.27. The SMILES string of the molecule is COc1c(C)c2c(c(O)c1C/C=C(\C)CC(C/C(C)=C/CO)C(=O)O)C(=O)OC2. The van der Waals surface area contributed by atoms with Crippen molar-refractivity contribution in [1.29, 1.82) is 0 Å². The van der Waals surface area contributed by atoms with E-state index in [1.807, 2.05) is 19.9 Å². The van der Waals surface area contributed by atoms with Gasteiger partial charge in [-0.1, -0.05) is 23.3 Å². The summed E-state index contributed by atoms with van der Waals surface area (Å²) in [4.78, 5) is 23.6. The van der Waals surface area contributed by atoms with Gasteiger partial charge in [-0.25, -0.2) is 4.79 Å². The van der Waals surface area contributed by atoms with Crippen LogP contribution in [0.5, 0.6) is 11.5 Å². The second-order valence-corrected chi connectivity index (χ2v) is 7.35. The monoisotopic (exact) mass is 404 g/mol. The lowest BCUT2D eigenvalue weighted by Crippen LogP contribution is -2.14. The maximum Gasteiger partial charge on any atom is 0.342 e. The van der Waals surface area contributed by atoms with Crippen molar-refractivity contribution in [3.05, 3.63) is 45.6 Å². The molecule has 1 aromatic carbocycles. The largest absolute Gasteiger partial charge is 0.507 e. The van der Waals surface area contributed by atoms with Crippen LogP contribution in [0.15, 0.2) is 23.3 Å². The van der Waals surface area contributed by atoms with E-state index >= 15 is 0 Å². The molecule has 0 amide bonds. The Morgan fingerprint density at radius 3 is 2.41 bits per heavy atom. The van der Waals surface area contributed by atoms with Crippen molar-refractivity contribution in [1.82, 2.24) is 0 Å². The number of aromatic hydroxyl groups is 1. The summed E-state index contributed by atoms with van der Waals surface area (Å²) in [7, 11) is 1.50. The predicted molar refractivity (Wildman–Crippen MR) is 107 cm³/mol. The van der Waals surface area contributed by atoms with Gasteiger partial charge in [0, 0.05) is 11.1 Å². The molecule has 1 atom stereocenters. The summed E-state index contributed by atoms with van der Waals surface area (Å²) in [6, 6.07) is 0. The van der Waals surface area contributed by atoms with E-state index in [0.29, 0.717) is 36.1 Å². The molecule has 0 saturated heterocycles. The Morgan fingerprint density at radius 1 is 1.24 bits per heavy atom. The van der Waals surface area contributed by atoms with Crippen molar-refractivity contribution in [2.75, 3.05) is 13.7 Å². The van der Waals surface area contributed by atoms with Gasteiger partial charge in [0.05, 0.1) is 19.6 Å². The van der Waals surface area contributed by atoms with Gasteiger partial charge in [0.2, 0.25) is 0 Å². The van der Waals surface area contributed by atoms with Gasteiger partial charge in [0.15, 0.2) is 0 Å². The standard InChI is InChI=1S/C22H28O7/c1-12(9-15(21(25)26)10-13(2)7-8-23)5-6-16-19(24)18-17(11-29-22(18)27)14(3)20(16)28-4/h5,7,15,23-24H,6,8-11H2,1-4H3,(H,25,26)/b12-5+,13-7+. The van der Waals surface area contributed by atoms with Crippen molar-refractivity contribution in [2.45, 2.75) is 46.6 Å². The van der Waals surface area contributed by atoms with Crippen LogP contribution in [-0.4, -0.2) is 41.0 Å². The van der Waals surface area contributed by atoms with Gasteiger partial charge >= 0.3 is 11.9 Å². The van der Waals surface area contributed by atoms with Crippen LogP contribution in [0.1, 0.15) is 53.7 Å². The van der Waals surface area contributed by atoms with Gasteiger partial charge in [-0.15, -0.1) is 0 Å². The first kappa shape index (κ1) is 22.5. The molecule has 0 aromatic heterocycles. The molecule has 0 saturated carbocycles. The smallest absolute Gasteiger partial charge is 0.342 e. The zero-order valence-electron chi connectivity index (χ0n) is 17.2. The number of phenols is 1. The Bertz CT molecular complexity index is 865. The molecule has 1 aromatic rings. The number of phenolic OH excluding ortho intramolecular Hbond substituents is 1. The topological polar surface area (TPSA) is 113 Å². The first-order valence-corrected chi connectivity index (χ1v) is 9.44. The average molecular weight is 404 g/mol. The second-order valence-electron chi connectivity index (χ2n) is 7.35. The molecular formula is C22H28O7. The van der Waals surface area contributed by atoms with Crippen molar-refractivity contribution < 1.29 is 34.4 Å². The van der Waals surface area contributed by atoms with Crippen LogP contribution >= 0.6 is 0 Å². The fourth-order valence-corrected chi connectivity index (χ4v) is 3.65. The zero-order chi connectivity index (χ0) is 21.7. The van der Waals surface area contributed by atoms with Gasteiger partial charge in [0.1, 0.15) is 23.7 Å². The summed E-state index contributed by atoms with van der Waals surface area (Å²) in [6.07, 6.45) is 4.41. The summed E-state index contributed by atoms with van der Waals surface area (Å²) in [5.74, 6) is -1.71. The van der Waals surface area contributed by atoms with Gasteiger partial charge in [0.25, 0.3) is 0 Å². The molecule has 1 aliphatic rings.